The SMILES string of the molecule is OCC1(Nc2ccccn2)CCOCC1. The predicted octanol–water partition coefficient (Wildman–Crippen LogP) is 1.03. The minimum Gasteiger partial charge on any atom is -0.394 e. The van der Waals surface area contributed by atoms with Crippen LogP contribution in [0.25, 0.3) is 0 Å². The summed E-state index contributed by atoms with van der Waals surface area (Å²) in [6.07, 6.45) is 3.38. The molecule has 1 aromatic heterocycles. The van der Waals surface area contributed by atoms with Crippen molar-refractivity contribution in [3.05, 3.63) is 24.4 Å². The first-order valence-electron chi connectivity index (χ1n) is 5.22. The van der Waals surface area contributed by atoms with Crippen LogP contribution in [0.2, 0.25) is 0 Å². The lowest BCUT2D eigenvalue weighted by Crippen LogP contribution is -2.47. The second-order valence-corrected chi connectivity index (χ2v) is 3.89. The van der Waals surface area contributed by atoms with Crippen molar-refractivity contribution in [1.29, 1.82) is 0 Å². The molecule has 2 N–H and O–H groups in total. The van der Waals surface area contributed by atoms with Crippen LogP contribution in [0.4, 0.5) is 5.82 Å². The van der Waals surface area contributed by atoms with Gasteiger partial charge in [-0.25, -0.2) is 4.98 Å². The number of anilines is 1. The highest BCUT2D eigenvalue weighted by atomic mass is 16.5. The number of ether oxygens (including phenoxy) is 1. The van der Waals surface area contributed by atoms with Crippen LogP contribution in [0.1, 0.15) is 12.8 Å². The van der Waals surface area contributed by atoms with Crippen molar-refractivity contribution in [2.24, 2.45) is 0 Å². The Balaban J connectivity index is 2.07. The van der Waals surface area contributed by atoms with Gasteiger partial charge in [-0.15, -0.1) is 0 Å². The van der Waals surface area contributed by atoms with Crippen molar-refractivity contribution in [3.63, 3.8) is 0 Å². The second kappa shape index (κ2) is 4.59. The summed E-state index contributed by atoms with van der Waals surface area (Å²) in [5, 5.41) is 12.8. The standard InChI is InChI=1S/C11H16N2O2/c14-9-11(4-7-15-8-5-11)13-10-3-1-2-6-12-10/h1-3,6,14H,4-5,7-9H2,(H,12,13). The lowest BCUT2D eigenvalue weighted by Gasteiger charge is -2.36. The zero-order chi connectivity index (χ0) is 10.6. The molecule has 0 aliphatic carbocycles. The summed E-state index contributed by atoms with van der Waals surface area (Å²) in [6.45, 7) is 1.51. The van der Waals surface area contributed by atoms with E-state index in [1.807, 2.05) is 18.2 Å². The number of hydrogen-bond donors (Lipinski definition) is 2. The van der Waals surface area contributed by atoms with E-state index in [0.717, 1.165) is 18.7 Å². The maximum atomic E-state index is 9.46. The first-order valence-corrected chi connectivity index (χ1v) is 5.22. The third-order valence-electron chi connectivity index (χ3n) is 2.81. The second-order valence-electron chi connectivity index (χ2n) is 3.89. The Labute approximate surface area is 89.3 Å². The predicted molar refractivity (Wildman–Crippen MR) is 57.7 cm³/mol. The fraction of sp³-hybridized carbons (Fsp3) is 0.545. The van der Waals surface area contributed by atoms with Gasteiger partial charge in [-0.2, -0.15) is 0 Å². The van der Waals surface area contributed by atoms with Gasteiger partial charge in [0, 0.05) is 19.4 Å². The quantitative estimate of drug-likeness (QED) is 0.779. The van der Waals surface area contributed by atoms with Crippen LogP contribution in [0.15, 0.2) is 24.4 Å². The first kappa shape index (κ1) is 10.4. The van der Waals surface area contributed by atoms with Gasteiger partial charge in [0.05, 0.1) is 12.1 Å². The third-order valence-corrected chi connectivity index (χ3v) is 2.81. The molecule has 15 heavy (non-hydrogen) atoms. The van der Waals surface area contributed by atoms with E-state index in [4.69, 9.17) is 4.74 Å². The summed E-state index contributed by atoms with van der Waals surface area (Å²) >= 11 is 0. The summed E-state index contributed by atoms with van der Waals surface area (Å²) in [5.41, 5.74) is -0.257. The minimum atomic E-state index is -0.257. The Hall–Kier alpha value is -1.13. The van der Waals surface area contributed by atoms with E-state index in [9.17, 15) is 5.11 Å². The minimum absolute atomic E-state index is 0.118. The molecule has 0 saturated carbocycles. The van der Waals surface area contributed by atoms with Crippen LogP contribution in [0.5, 0.6) is 0 Å². The molecule has 1 saturated heterocycles. The van der Waals surface area contributed by atoms with Crippen LogP contribution in [-0.4, -0.2) is 35.5 Å². The Morgan fingerprint density at radius 1 is 1.40 bits per heavy atom. The number of nitrogens with one attached hydrogen (secondary N) is 1. The van der Waals surface area contributed by atoms with Gasteiger partial charge in [0.2, 0.25) is 0 Å². The Kier molecular flexibility index (Phi) is 3.18. The van der Waals surface area contributed by atoms with Gasteiger partial charge in [0.15, 0.2) is 0 Å². The molecule has 1 aromatic rings. The lowest BCUT2D eigenvalue weighted by atomic mass is 9.91. The van der Waals surface area contributed by atoms with Gasteiger partial charge >= 0.3 is 0 Å². The molecule has 0 radical (unpaired) electrons. The average Bonchev–Trinajstić information content (AvgIpc) is 2.32. The van der Waals surface area contributed by atoms with Gasteiger partial charge in [0.25, 0.3) is 0 Å². The van der Waals surface area contributed by atoms with Gasteiger partial charge in [0.1, 0.15) is 5.82 Å². The molecule has 0 aromatic carbocycles. The van der Waals surface area contributed by atoms with Gasteiger partial charge < -0.3 is 15.2 Å². The number of aromatic nitrogens is 1. The van der Waals surface area contributed by atoms with Gasteiger partial charge in [-0.3, -0.25) is 0 Å². The largest absolute Gasteiger partial charge is 0.394 e. The van der Waals surface area contributed by atoms with Crippen molar-refractivity contribution in [3.8, 4) is 0 Å². The van der Waals surface area contributed by atoms with Crippen LogP contribution >= 0.6 is 0 Å². The molecule has 4 nitrogen and oxygen atoms in total. The van der Waals surface area contributed by atoms with Crippen molar-refractivity contribution >= 4 is 5.82 Å². The molecule has 1 aliphatic heterocycles. The molecule has 0 spiro atoms. The van der Waals surface area contributed by atoms with Crippen LogP contribution in [-0.2, 0) is 4.74 Å². The highest BCUT2D eigenvalue weighted by molar-refractivity contribution is 5.37. The number of rotatable bonds is 3. The Bertz CT molecular complexity index is 297. The van der Waals surface area contributed by atoms with E-state index in [0.29, 0.717) is 13.2 Å². The summed E-state index contributed by atoms with van der Waals surface area (Å²) < 4.78 is 5.29. The Morgan fingerprint density at radius 3 is 2.80 bits per heavy atom. The molecule has 1 aliphatic rings. The van der Waals surface area contributed by atoms with E-state index in [1.54, 1.807) is 6.20 Å². The molecular formula is C11H16N2O2. The van der Waals surface area contributed by atoms with Crippen LogP contribution in [0.3, 0.4) is 0 Å². The lowest BCUT2D eigenvalue weighted by molar-refractivity contribution is 0.0378. The van der Waals surface area contributed by atoms with Crippen molar-refractivity contribution < 1.29 is 9.84 Å². The molecule has 0 bridgehead atoms. The maximum Gasteiger partial charge on any atom is 0.126 e. The number of pyridine rings is 1. The van der Waals surface area contributed by atoms with Crippen LogP contribution in [0, 0.1) is 0 Å². The molecular weight excluding hydrogens is 192 g/mol. The maximum absolute atomic E-state index is 9.46. The van der Waals surface area contributed by atoms with E-state index in [2.05, 4.69) is 10.3 Å². The smallest absolute Gasteiger partial charge is 0.126 e. The van der Waals surface area contributed by atoms with Crippen LogP contribution < -0.4 is 5.32 Å². The van der Waals surface area contributed by atoms with E-state index < -0.39 is 0 Å². The highest BCUT2D eigenvalue weighted by Crippen LogP contribution is 2.24. The van der Waals surface area contributed by atoms with Crippen molar-refractivity contribution in [2.75, 3.05) is 25.1 Å². The molecule has 2 rings (SSSR count). The molecule has 0 amide bonds. The molecule has 82 valence electrons. The highest BCUT2D eigenvalue weighted by Gasteiger charge is 2.31. The number of nitrogens with zero attached hydrogens (tertiary/aromatic N) is 1. The average molecular weight is 208 g/mol. The molecule has 2 heterocycles. The number of hydrogen-bond acceptors (Lipinski definition) is 4. The molecule has 1 fully saturated rings. The molecule has 0 unspecified atom stereocenters. The summed E-state index contributed by atoms with van der Waals surface area (Å²) in [5.74, 6) is 0.813. The van der Waals surface area contributed by atoms with E-state index >= 15 is 0 Å². The number of aliphatic hydroxyl groups excluding tert-OH is 1. The molecule has 4 heteroatoms. The zero-order valence-electron chi connectivity index (χ0n) is 8.65. The normalized spacial score (nSPS) is 19.8. The zero-order valence-corrected chi connectivity index (χ0v) is 8.65. The summed E-state index contributed by atoms with van der Waals surface area (Å²) in [7, 11) is 0. The van der Waals surface area contributed by atoms with E-state index in [-0.39, 0.29) is 12.1 Å². The fourth-order valence-electron chi connectivity index (χ4n) is 1.79. The number of aliphatic hydroxyl groups is 1. The monoisotopic (exact) mass is 208 g/mol. The Morgan fingerprint density at radius 2 is 2.20 bits per heavy atom. The van der Waals surface area contributed by atoms with Gasteiger partial charge in [-0.1, -0.05) is 6.07 Å². The van der Waals surface area contributed by atoms with Gasteiger partial charge in [-0.05, 0) is 25.0 Å². The van der Waals surface area contributed by atoms with Crippen molar-refractivity contribution in [1.82, 2.24) is 4.98 Å². The third kappa shape index (κ3) is 2.46. The molecule has 0 atom stereocenters. The van der Waals surface area contributed by atoms with E-state index in [1.165, 1.54) is 0 Å². The fourth-order valence-corrected chi connectivity index (χ4v) is 1.79. The topological polar surface area (TPSA) is 54.4 Å². The summed E-state index contributed by atoms with van der Waals surface area (Å²) in [4.78, 5) is 4.20. The first-order chi connectivity index (χ1) is 7.35. The summed E-state index contributed by atoms with van der Waals surface area (Å²) in [6, 6.07) is 5.72. The van der Waals surface area contributed by atoms with Crippen molar-refractivity contribution in [2.45, 2.75) is 18.4 Å².